The van der Waals surface area contributed by atoms with Crippen molar-refractivity contribution in [3.05, 3.63) is 36.3 Å². The number of H-pyrrole nitrogens is 1. The van der Waals surface area contributed by atoms with Gasteiger partial charge < -0.3 is 19.4 Å². The van der Waals surface area contributed by atoms with Crippen molar-refractivity contribution in [2.24, 2.45) is 10.9 Å². The van der Waals surface area contributed by atoms with Crippen molar-refractivity contribution in [1.29, 1.82) is 0 Å². The number of nitrogens with one attached hydrogen (secondary N) is 2. The van der Waals surface area contributed by atoms with Crippen LogP contribution >= 0.6 is 24.0 Å². The summed E-state index contributed by atoms with van der Waals surface area (Å²) in [5.41, 5.74) is 0. The molecule has 0 aliphatic carbocycles. The van der Waals surface area contributed by atoms with Crippen LogP contribution in [0, 0.1) is 5.92 Å². The van der Waals surface area contributed by atoms with E-state index in [1.54, 1.807) is 12.6 Å². The number of halogens is 1. The van der Waals surface area contributed by atoms with Crippen LogP contribution in [0.15, 0.2) is 34.1 Å². The highest BCUT2D eigenvalue weighted by atomic mass is 127. The molecular weight excluding hydrogens is 471 g/mol. The van der Waals surface area contributed by atoms with Gasteiger partial charge in [-0.05, 0) is 31.4 Å². The van der Waals surface area contributed by atoms with E-state index in [1.165, 1.54) is 0 Å². The van der Waals surface area contributed by atoms with Crippen molar-refractivity contribution in [2.45, 2.75) is 31.6 Å². The summed E-state index contributed by atoms with van der Waals surface area (Å²) < 4.78 is 10.9. The van der Waals surface area contributed by atoms with Crippen LogP contribution in [-0.2, 0) is 11.2 Å². The first kappa shape index (κ1) is 21.1. The lowest BCUT2D eigenvalue weighted by Crippen LogP contribution is -2.46. The number of hydrogen-bond donors (Lipinski definition) is 2. The third-order valence-corrected chi connectivity index (χ3v) is 5.37. The molecule has 2 N–H and O–H groups in total. The molecule has 9 heteroatoms. The molecule has 2 aliphatic rings. The average Bonchev–Trinajstić information content (AvgIpc) is 3.48. The molecule has 2 aromatic rings. The van der Waals surface area contributed by atoms with Gasteiger partial charge in [0.2, 0.25) is 0 Å². The number of likely N-dealkylation sites (tertiary alicyclic amines) is 1. The standard InChI is InChI=1S/C19H28N6O2.HI/c1-2-17(27-10-1)3-7-20-19(21-12-15-6-11-26-13-15)25-8-4-16(5-9-25)18-22-14-23-24-18;/h1-2,10,14-16H,3-9,11-13H2,(H,20,21)(H,22,23,24);1H. The minimum absolute atomic E-state index is 0. The predicted molar refractivity (Wildman–Crippen MR) is 117 cm³/mol. The molecule has 0 bridgehead atoms. The summed E-state index contributed by atoms with van der Waals surface area (Å²) in [4.78, 5) is 11.6. The Bertz CT molecular complexity index is 692. The fraction of sp³-hybridized carbons (Fsp3) is 0.632. The average molecular weight is 500 g/mol. The highest BCUT2D eigenvalue weighted by molar-refractivity contribution is 14.0. The predicted octanol–water partition coefficient (Wildman–Crippen LogP) is 2.42. The molecule has 2 aromatic heterocycles. The molecule has 2 aliphatic heterocycles. The van der Waals surface area contributed by atoms with Gasteiger partial charge in [0.05, 0.1) is 12.9 Å². The summed E-state index contributed by atoms with van der Waals surface area (Å²) in [5, 5.41) is 10.5. The van der Waals surface area contributed by atoms with E-state index in [0.29, 0.717) is 11.8 Å². The smallest absolute Gasteiger partial charge is 0.193 e. The van der Waals surface area contributed by atoms with Gasteiger partial charge >= 0.3 is 0 Å². The quantitative estimate of drug-likeness (QED) is 0.360. The molecular formula is C19H29IN6O2. The molecule has 0 radical (unpaired) electrons. The summed E-state index contributed by atoms with van der Waals surface area (Å²) in [6.07, 6.45) is 7.39. The van der Waals surface area contributed by atoms with Crippen LogP contribution in [0.25, 0.3) is 0 Å². The van der Waals surface area contributed by atoms with Crippen LogP contribution in [0.4, 0.5) is 0 Å². The third kappa shape index (κ3) is 5.69. The number of rotatable bonds is 6. The van der Waals surface area contributed by atoms with E-state index >= 15 is 0 Å². The van der Waals surface area contributed by atoms with Crippen LogP contribution in [0.5, 0.6) is 0 Å². The molecule has 4 heterocycles. The number of hydrogen-bond acceptors (Lipinski definition) is 5. The van der Waals surface area contributed by atoms with Gasteiger partial charge in [0, 0.05) is 51.0 Å². The Hall–Kier alpha value is -1.62. The van der Waals surface area contributed by atoms with Crippen molar-refractivity contribution in [1.82, 2.24) is 25.4 Å². The molecule has 2 saturated heterocycles. The Morgan fingerprint density at radius 1 is 1.32 bits per heavy atom. The third-order valence-electron chi connectivity index (χ3n) is 5.37. The zero-order valence-electron chi connectivity index (χ0n) is 16.0. The van der Waals surface area contributed by atoms with Crippen molar-refractivity contribution in [3.8, 4) is 0 Å². The molecule has 1 atom stereocenters. The highest BCUT2D eigenvalue weighted by Gasteiger charge is 2.25. The van der Waals surface area contributed by atoms with Gasteiger partial charge in [-0.25, -0.2) is 4.98 Å². The van der Waals surface area contributed by atoms with E-state index in [2.05, 4.69) is 25.4 Å². The van der Waals surface area contributed by atoms with Crippen LogP contribution in [0.1, 0.15) is 36.8 Å². The van der Waals surface area contributed by atoms with Crippen LogP contribution < -0.4 is 5.32 Å². The normalized spacial score (nSPS) is 20.9. The number of furan rings is 1. The van der Waals surface area contributed by atoms with Gasteiger partial charge in [-0.1, -0.05) is 0 Å². The number of nitrogens with zero attached hydrogens (tertiary/aromatic N) is 4. The minimum Gasteiger partial charge on any atom is -0.469 e. The Labute approximate surface area is 182 Å². The second-order valence-electron chi connectivity index (χ2n) is 7.28. The molecule has 154 valence electrons. The van der Waals surface area contributed by atoms with Gasteiger partial charge in [-0.2, -0.15) is 5.10 Å². The van der Waals surface area contributed by atoms with E-state index in [0.717, 1.165) is 82.6 Å². The number of aliphatic imine (C=N–C) groups is 1. The Morgan fingerprint density at radius 2 is 2.21 bits per heavy atom. The molecule has 0 spiro atoms. The Kier molecular flexibility index (Phi) is 8.13. The minimum atomic E-state index is 0. The Morgan fingerprint density at radius 3 is 2.89 bits per heavy atom. The second-order valence-corrected chi connectivity index (χ2v) is 7.28. The number of piperidine rings is 1. The first-order valence-corrected chi connectivity index (χ1v) is 9.87. The summed E-state index contributed by atoms with van der Waals surface area (Å²) >= 11 is 0. The fourth-order valence-corrected chi connectivity index (χ4v) is 3.74. The molecule has 8 nitrogen and oxygen atoms in total. The highest BCUT2D eigenvalue weighted by Crippen LogP contribution is 2.25. The van der Waals surface area contributed by atoms with E-state index in [1.807, 2.05) is 12.1 Å². The van der Waals surface area contributed by atoms with Crippen molar-refractivity contribution in [2.75, 3.05) is 39.4 Å². The maximum atomic E-state index is 5.49. The van der Waals surface area contributed by atoms with Crippen LogP contribution in [0.3, 0.4) is 0 Å². The molecule has 4 rings (SSSR count). The maximum Gasteiger partial charge on any atom is 0.193 e. The molecule has 1 unspecified atom stereocenters. The van der Waals surface area contributed by atoms with E-state index in [4.69, 9.17) is 14.1 Å². The molecule has 0 aromatic carbocycles. The topological polar surface area (TPSA) is 91.6 Å². The van der Waals surface area contributed by atoms with Gasteiger partial charge in [-0.3, -0.25) is 10.1 Å². The van der Waals surface area contributed by atoms with Crippen molar-refractivity contribution < 1.29 is 9.15 Å². The summed E-state index contributed by atoms with van der Waals surface area (Å²) in [5.74, 6) is 4.00. The van der Waals surface area contributed by atoms with E-state index < -0.39 is 0 Å². The van der Waals surface area contributed by atoms with E-state index in [9.17, 15) is 0 Å². The summed E-state index contributed by atoms with van der Waals surface area (Å²) in [6, 6.07) is 3.94. The largest absolute Gasteiger partial charge is 0.469 e. The lowest BCUT2D eigenvalue weighted by atomic mass is 9.96. The SMILES string of the molecule is I.c1coc(CCNC(=NCC2CCOC2)N2CCC(c3ncn[nH]3)CC2)c1. The van der Waals surface area contributed by atoms with Crippen molar-refractivity contribution >= 4 is 29.9 Å². The van der Waals surface area contributed by atoms with Gasteiger partial charge in [-0.15, -0.1) is 24.0 Å². The van der Waals surface area contributed by atoms with E-state index in [-0.39, 0.29) is 24.0 Å². The first-order valence-electron chi connectivity index (χ1n) is 9.87. The van der Waals surface area contributed by atoms with Crippen LogP contribution in [-0.4, -0.2) is 65.4 Å². The van der Waals surface area contributed by atoms with Crippen molar-refractivity contribution in [3.63, 3.8) is 0 Å². The maximum absolute atomic E-state index is 5.49. The number of ether oxygens (including phenoxy) is 1. The zero-order chi connectivity index (χ0) is 18.3. The zero-order valence-corrected chi connectivity index (χ0v) is 18.4. The summed E-state index contributed by atoms with van der Waals surface area (Å²) in [6.45, 7) is 5.28. The fourth-order valence-electron chi connectivity index (χ4n) is 3.74. The first-order chi connectivity index (χ1) is 13.4. The summed E-state index contributed by atoms with van der Waals surface area (Å²) in [7, 11) is 0. The monoisotopic (exact) mass is 500 g/mol. The number of aromatic amines is 1. The second kappa shape index (κ2) is 10.8. The lowest BCUT2D eigenvalue weighted by molar-refractivity contribution is 0.187. The van der Waals surface area contributed by atoms with Gasteiger partial charge in [0.25, 0.3) is 0 Å². The van der Waals surface area contributed by atoms with Gasteiger partial charge in [0.15, 0.2) is 5.96 Å². The molecule has 0 saturated carbocycles. The number of aromatic nitrogens is 3. The number of guanidine groups is 1. The lowest BCUT2D eigenvalue weighted by Gasteiger charge is -2.33. The van der Waals surface area contributed by atoms with Crippen LogP contribution in [0.2, 0.25) is 0 Å². The molecule has 0 amide bonds. The molecule has 2 fully saturated rings. The molecule has 28 heavy (non-hydrogen) atoms. The van der Waals surface area contributed by atoms with Gasteiger partial charge in [0.1, 0.15) is 17.9 Å². The Balaban J connectivity index is 0.00000225.